The van der Waals surface area contributed by atoms with E-state index in [0.29, 0.717) is 17.4 Å². The van der Waals surface area contributed by atoms with Crippen LogP contribution in [0, 0.1) is 0 Å². The SMILES string of the molecule is CC/C=C\C/C=C\C/C=C\C/C=C\CCCCCCCCCCCCCCCCCCCCC(=O)OC(COC(=O)CCCCCCCCCCCCCCCCCCCCCCCCCCCCCCCCCCCC)COC(OCC[N+](C)(C)C)C(=O)O. The molecule has 0 saturated heterocycles. The van der Waals surface area contributed by atoms with Gasteiger partial charge in [0, 0.05) is 12.8 Å². The summed E-state index contributed by atoms with van der Waals surface area (Å²) >= 11 is 0. The summed E-state index contributed by atoms with van der Waals surface area (Å²) in [5.41, 5.74) is 0. The van der Waals surface area contributed by atoms with E-state index in [1.807, 2.05) is 21.1 Å². The minimum Gasteiger partial charge on any atom is -0.477 e. The van der Waals surface area contributed by atoms with Gasteiger partial charge in [-0.05, 0) is 51.4 Å². The second-order valence-corrected chi connectivity index (χ2v) is 28.0. The first-order valence-electron chi connectivity index (χ1n) is 39.3. The summed E-state index contributed by atoms with van der Waals surface area (Å²) < 4.78 is 23.1. The van der Waals surface area contributed by atoms with Crippen molar-refractivity contribution in [2.45, 2.75) is 405 Å². The number of unbranched alkanes of at least 4 members (excludes halogenated alkanes) is 51. The van der Waals surface area contributed by atoms with Crippen LogP contribution in [0.15, 0.2) is 48.6 Å². The van der Waals surface area contributed by atoms with E-state index in [4.69, 9.17) is 18.9 Å². The molecule has 0 heterocycles. The van der Waals surface area contributed by atoms with E-state index in [9.17, 15) is 19.5 Å². The molecule has 90 heavy (non-hydrogen) atoms. The highest BCUT2D eigenvalue weighted by Gasteiger charge is 2.25. The van der Waals surface area contributed by atoms with Crippen LogP contribution < -0.4 is 0 Å². The van der Waals surface area contributed by atoms with E-state index in [1.54, 1.807) is 0 Å². The van der Waals surface area contributed by atoms with Crippen LogP contribution in [0.1, 0.15) is 393 Å². The molecule has 2 unspecified atom stereocenters. The van der Waals surface area contributed by atoms with Crippen molar-refractivity contribution >= 4 is 17.9 Å². The lowest BCUT2D eigenvalue weighted by atomic mass is 10.0. The number of nitrogens with zero attached hydrogens (tertiary/aromatic N) is 1. The van der Waals surface area contributed by atoms with Gasteiger partial charge in [0.25, 0.3) is 6.29 Å². The molecule has 528 valence electrons. The molecule has 0 aromatic carbocycles. The highest BCUT2D eigenvalue weighted by molar-refractivity contribution is 5.71. The van der Waals surface area contributed by atoms with Crippen molar-refractivity contribution in [2.75, 3.05) is 47.5 Å². The maximum atomic E-state index is 13.0. The molecule has 0 rings (SSSR count). The number of carboxylic acid groups (broad SMARTS) is 1. The average molecular weight is 1270 g/mol. The number of carbonyl (C=O) groups excluding carboxylic acids is 2. The quantitative estimate of drug-likeness (QED) is 0.0211. The van der Waals surface area contributed by atoms with Gasteiger partial charge in [0.05, 0.1) is 34.4 Å². The highest BCUT2D eigenvalue weighted by atomic mass is 16.7. The molecule has 0 aliphatic heterocycles. The summed E-state index contributed by atoms with van der Waals surface area (Å²) in [5.74, 6) is -1.97. The zero-order valence-corrected chi connectivity index (χ0v) is 60.6. The van der Waals surface area contributed by atoms with Crippen LogP contribution in [-0.2, 0) is 33.3 Å². The van der Waals surface area contributed by atoms with E-state index in [2.05, 4.69) is 62.5 Å². The lowest BCUT2D eigenvalue weighted by Gasteiger charge is -2.25. The Morgan fingerprint density at radius 1 is 0.344 bits per heavy atom. The van der Waals surface area contributed by atoms with Gasteiger partial charge < -0.3 is 28.5 Å². The third-order valence-electron chi connectivity index (χ3n) is 17.8. The number of rotatable bonds is 74. The first-order chi connectivity index (χ1) is 44.1. The third kappa shape index (κ3) is 72.7. The summed E-state index contributed by atoms with van der Waals surface area (Å²) in [5, 5.41) is 9.77. The first-order valence-corrected chi connectivity index (χ1v) is 39.3. The van der Waals surface area contributed by atoms with Gasteiger partial charge in [-0.15, -0.1) is 0 Å². The minimum atomic E-state index is -1.51. The van der Waals surface area contributed by atoms with Crippen LogP contribution in [0.25, 0.3) is 0 Å². The number of aliphatic carboxylic acids is 1. The highest BCUT2D eigenvalue weighted by Crippen LogP contribution is 2.20. The summed E-state index contributed by atoms with van der Waals surface area (Å²) in [4.78, 5) is 37.7. The van der Waals surface area contributed by atoms with Crippen LogP contribution in [0.2, 0.25) is 0 Å². The van der Waals surface area contributed by atoms with E-state index >= 15 is 0 Å². The molecule has 0 amide bonds. The number of carbonyl (C=O) groups is 3. The standard InChI is InChI=1S/C81H151NO8/c1-6-8-10-12-14-16-18-20-22-24-26-28-30-32-34-36-38-39-40-42-43-45-47-49-51-53-55-57-59-61-63-65-67-69-71-78(83)88-75-77(76-89-81(80(85)86)87-74-73-82(3,4)5)90-79(84)72-70-68-66-64-62-60-58-56-54-52-50-48-46-44-41-37-35-33-31-29-27-25-23-21-19-17-15-13-11-9-7-2/h9,11,15,17,21,23,27,29,77,81H,6-8,10,12-14,16,18-20,22,24-26,28,30-76H2,1-5H3/p+1/b11-9-,17-15-,23-21-,29-27-. The second kappa shape index (κ2) is 72.1. The smallest absolute Gasteiger partial charge is 0.361 e. The van der Waals surface area contributed by atoms with Crippen molar-refractivity contribution in [1.82, 2.24) is 0 Å². The number of likely N-dealkylation sites (N-methyl/N-ethyl adjacent to an activating group) is 1. The Morgan fingerprint density at radius 3 is 0.944 bits per heavy atom. The van der Waals surface area contributed by atoms with E-state index in [0.717, 1.165) is 64.2 Å². The Balaban J connectivity index is 3.98. The second-order valence-electron chi connectivity index (χ2n) is 28.0. The van der Waals surface area contributed by atoms with Crippen molar-refractivity contribution in [1.29, 1.82) is 0 Å². The van der Waals surface area contributed by atoms with Gasteiger partial charge in [0.2, 0.25) is 0 Å². The molecule has 0 aliphatic rings. The number of quaternary nitrogens is 1. The summed E-state index contributed by atoms with van der Waals surface area (Å²) in [6.45, 7) is 4.84. The fourth-order valence-corrected chi connectivity index (χ4v) is 11.9. The van der Waals surface area contributed by atoms with Gasteiger partial charge in [-0.1, -0.05) is 377 Å². The number of hydrogen-bond donors (Lipinski definition) is 1. The van der Waals surface area contributed by atoms with Crippen LogP contribution >= 0.6 is 0 Å². The molecule has 0 aromatic rings. The number of esters is 2. The average Bonchev–Trinajstić information content (AvgIpc) is 3.63. The molecule has 0 bridgehead atoms. The number of allylic oxidation sites excluding steroid dienone is 8. The lowest BCUT2D eigenvalue weighted by molar-refractivity contribution is -0.870. The monoisotopic (exact) mass is 1270 g/mol. The molecule has 0 radical (unpaired) electrons. The van der Waals surface area contributed by atoms with Crippen LogP contribution in [-0.4, -0.2) is 87.4 Å². The van der Waals surface area contributed by atoms with E-state index in [-0.39, 0.29) is 38.2 Å². The topological polar surface area (TPSA) is 108 Å². The van der Waals surface area contributed by atoms with Crippen molar-refractivity contribution in [3.8, 4) is 0 Å². The maximum absolute atomic E-state index is 13.0. The van der Waals surface area contributed by atoms with Gasteiger partial charge in [0.15, 0.2) is 6.10 Å². The van der Waals surface area contributed by atoms with Gasteiger partial charge >= 0.3 is 17.9 Å². The van der Waals surface area contributed by atoms with Crippen molar-refractivity contribution < 1.29 is 42.9 Å². The number of hydrogen-bond acceptors (Lipinski definition) is 7. The first kappa shape index (κ1) is 87.2. The molecule has 9 heteroatoms. The molecule has 2 atom stereocenters. The summed E-state index contributed by atoms with van der Waals surface area (Å²) in [6, 6.07) is 0. The van der Waals surface area contributed by atoms with E-state index in [1.165, 1.54) is 302 Å². The maximum Gasteiger partial charge on any atom is 0.361 e. The van der Waals surface area contributed by atoms with Crippen LogP contribution in [0.5, 0.6) is 0 Å². The van der Waals surface area contributed by atoms with Crippen molar-refractivity contribution in [2.24, 2.45) is 0 Å². The summed E-state index contributed by atoms with van der Waals surface area (Å²) in [6.07, 6.45) is 91.3. The largest absolute Gasteiger partial charge is 0.477 e. The molecular formula is C81H152NO8+. The predicted molar refractivity (Wildman–Crippen MR) is 387 cm³/mol. The molecule has 0 fully saturated rings. The lowest BCUT2D eigenvalue weighted by Crippen LogP contribution is -2.40. The van der Waals surface area contributed by atoms with Crippen molar-refractivity contribution in [3.63, 3.8) is 0 Å². The van der Waals surface area contributed by atoms with Crippen molar-refractivity contribution in [3.05, 3.63) is 48.6 Å². The number of ether oxygens (including phenoxy) is 4. The van der Waals surface area contributed by atoms with Gasteiger partial charge in [0.1, 0.15) is 13.2 Å². The predicted octanol–water partition coefficient (Wildman–Crippen LogP) is 24.9. The van der Waals surface area contributed by atoms with Crippen LogP contribution in [0.3, 0.4) is 0 Å². The molecule has 0 spiro atoms. The Bertz CT molecular complexity index is 1620. The van der Waals surface area contributed by atoms with Gasteiger partial charge in [-0.2, -0.15) is 0 Å². The molecule has 0 aliphatic carbocycles. The molecule has 0 saturated carbocycles. The fraction of sp³-hybridized carbons (Fsp3) is 0.864. The summed E-state index contributed by atoms with van der Waals surface area (Å²) in [7, 11) is 6.00. The minimum absolute atomic E-state index is 0.176. The molecule has 1 N–H and O–H groups in total. The number of carboxylic acids is 1. The van der Waals surface area contributed by atoms with E-state index < -0.39 is 18.4 Å². The molecular weight excluding hydrogens is 1110 g/mol. The normalized spacial score (nSPS) is 12.9. The van der Waals surface area contributed by atoms with Gasteiger partial charge in [-0.25, -0.2) is 4.79 Å². The molecule has 9 nitrogen and oxygen atoms in total. The third-order valence-corrected chi connectivity index (χ3v) is 17.8. The zero-order chi connectivity index (χ0) is 65.4. The Kier molecular flexibility index (Phi) is 69.9. The van der Waals surface area contributed by atoms with Gasteiger partial charge in [-0.3, -0.25) is 9.59 Å². The molecule has 0 aromatic heterocycles. The van der Waals surface area contributed by atoms with Crippen LogP contribution in [0.4, 0.5) is 0 Å². The zero-order valence-electron chi connectivity index (χ0n) is 60.6. The Morgan fingerprint density at radius 2 is 0.633 bits per heavy atom. The Hall–Kier alpha value is -2.75. The fourth-order valence-electron chi connectivity index (χ4n) is 11.9. The Labute approximate surface area is 559 Å².